The first-order valence-electron chi connectivity index (χ1n) is 8.74. The summed E-state index contributed by atoms with van der Waals surface area (Å²) in [5.74, 6) is 0.292. The first kappa shape index (κ1) is 22.6. The van der Waals surface area contributed by atoms with Gasteiger partial charge in [-0.25, -0.2) is 9.38 Å². The topological polar surface area (TPSA) is 65.8 Å². The van der Waals surface area contributed by atoms with Crippen LogP contribution in [0.3, 0.4) is 0 Å². The first-order valence-corrected chi connectivity index (χ1v) is 9.53. The molecule has 7 nitrogen and oxygen atoms in total. The van der Waals surface area contributed by atoms with Crippen LogP contribution in [0.1, 0.15) is 12.5 Å². The van der Waals surface area contributed by atoms with Gasteiger partial charge < -0.3 is 15.1 Å². The molecule has 1 amide bonds. The molecule has 2 heterocycles. The van der Waals surface area contributed by atoms with Crippen LogP contribution < -0.4 is 10.2 Å². The Bertz CT molecular complexity index is 858. The highest BCUT2D eigenvalue weighted by atomic mass is 127. The van der Waals surface area contributed by atoms with Gasteiger partial charge in [0, 0.05) is 42.9 Å². The average molecular weight is 565 g/mol. The van der Waals surface area contributed by atoms with Gasteiger partial charge in [0.2, 0.25) is 5.91 Å². The third kappa shape index (κ3) is 5.43. The molecule has 0 aliphatic carbocycles. The van der Waals surface area contributed by atoms with Crippen molar-refractivity contribution in [3.63, 3.8) is 0 Å². The number of aryl methyl sites for hydroxylation is 1. The molecule has 1 aromatic carbocycles. The third-order valence-corrected chi connectivity index (χ3v) is 4.76. The van der Waals surface area contributed by atoms with Gasteiger partial charge >= 0.3 is 0 Å². The number of anilines is 1. The summed E-state index contributed by atoms with van der Waals surface area (Å²) < 4.78 is 16.4. The summed E-state index contributed by atoms with van der Waals surface area (Å²) in [6.45, 7) is 4.21. The van der Waals surface area contributed by atoms with Crippen LogP contribution in [0.4, 0.5) is 10.1 Å². The zero-order valence-electron chi connectivity index (χ0n) is 15.7. The number of hydrogen-bond donors (Lipinski definition) is 1. The molecule has 0 unspecified atom stereocenters. The quantitative estimate of drug-likeness (QED) is 0.352. The van der Waals surface area contributed by atoms with Crippen molar-refractivity contribution in [1.29, 1.82) is 0 Å². The van der Waals surface area contributed by atoms with Crippen LogP contribution in [0.5, 0.6) is 0 Å². The van der Waals surface area contributed by atoms with Gasteiger partial charge in [0.05, 0.1) is 18.4 Å². The van der Waals surface area contributed by atoms with E-state index in [1.165, 1.54) is 6.07 Å². The lowest BCUT2D eigenvalue weighted by molar-refractivity contribution is -0.120. The van der Waals surface area contributed by atoms with E-state index in [4.69, 9.17) is 0 Å². The molecule has 1 aliphatic heterocycles. The van der Waals surface area contributed by atoms with E-state index in [1.807, 2.05) is 25.1 Å². The zero-order chi connectivity index (χ0) is 19.4. The molecule has 1 aliphatic rings. The third-order valence-electron chi connectivity index (χ3n) is 4.26. The maximum atomic E-state index is 14.0. The highest BCUT2D eigenvalue weighted by Crippen LogP contribution is 2.18. The molecule has 152 valence electrons. The summed E-state index contributed by atoms with van der Waals surface area (Å²) in [5, 5.41) is 7.31. The van der Waals surface area contributed by atoms with E-state index in [0.29, 0.717) is 31.2 Å². The Morgan fingerprint density at radius 3 is 2.82 bits per heavy atom. The maximum absolute atomic E-state index is 14.0. The molecule has 0 bridgehead atoms. The van der Waals surface area contributed by atoms with Crippen LogP contribution in [-0.2, 0) is 18.4 Å². The van der Waals surface area contributed by atoms with Gasteiger partial charge in [-0.3, -0.25) is 9.48 Å². The maximum Gasteiger partial charge on any atom is 0.246 e. The van der Waals surface area contributed by atoms with E-state index in [-0.39, 0.29) is 48.8 Å². The number of halogens is 3. The van der Waals surface area contributed by atoms with Gasteiger partial charge in [-0.1, -0.05) is 15.9 Å². The second-order valence-corrected chi connectivity index (χ2v) is 7.16. The molecule has 1 N–H and O–H groups in total. The normalized spacial score (nSPS) is 14.9. The molecular formula is C18H23BrFIN6O. The van der Waals surface area contributed by atoms with Gasteiger partial charge in [0.15, 0.2) is 5.96 Å². The lowest BCUT2D eigenvalue weighted by atomic mass is 10.2. The predicted octanol–water partition coefficient (Wildman–Crippen LogP) is 2.75. The minimum atomic E-state index is -0.296. The Labute approximate surface area is 189 Å². The van der Waals surface area contributed by atoms with Crippen molar-refractivity contribution in [3.05, 3.63) is 46.4 Å². The van der Waals surface area contributed by atoms with Gasteiger partial charge in [-0.2, -0.15) is 5.10 Å². The Balaban J connectivity index is 0.00000280. The fourth-order valence-electron chi connectivity index (χ4n) is 2.93. The number of aromatic nitrogens is 2. The minimum Gasteiger partial charge on any atom is -0.356 e. The summed E-state index contributed by atoms with van der Waals surface area (Å²) >= 11 is 3.35. The van der Waals surface area contributed by atoms with Crippen molar-refractivity contribution in [2.45, 2.75) is 13.5 Å². The van der Waals surface area contributed by atoms with E-state index in [1.54, 1.807) is 27.9 Å². The van der Waals surface area contributed by atoms with E-state index < -0.39 is 0 Å². The zero-order valence-corrected chi connectivity index (χ0v) is 19.6. The summed E-state index contributed by atoms with van der Waals surface area (Å²) in [7, 11) is 1.82. The second-order valence-electron chi connectivity index (χ2n) is 6.25. The number of carbonyl (C=O) groups is 1. The molecule has 0 radical (unpaired) electrons. The van der Waals surface area contributed by atoms with E-state index in [2.05, 4.69) is 31.3 Å². The number of amides is 1. The average Bonchev–Trinajstić information content (AvgIpc) is 3.07. The number of nitrogens with one attached hydrogen (secondary N) is 1. The van der Waals surface area contributed by atoms with Crippen LogP contribution in [0.2, 0.25) is 0 Å². The second kappa shape index (κ2) is 10.2. The number of rotatable bonds is 4. The monoisotopic (exact) mass is 564 g/mol. The van der Waals surface area contributed by atoms with Crippen molar-refractivity contribution in [3.8, 4) is 0 Å². The summed E-state index contributed by atoms with van der Waals surface area (Å²) in [6.07, 6.45) is 3.51. The smallest absolute Gasteiger partial charge is 0.246 e. The Morgan fingerprint density at radius 2 is 2.18 bits per heavy atom. The molecule has 1 fully saturated rings. The largest absolute Gasteiger partial charge is 0.356 e. The molecule has 28 heavy (non-hydrogen) atoms. The molecule has 0 atom stereocenters. The van der Waals surface area contributed by atoms with Crippen molar-refractivity contribution in [2.75, 3.05) is 31.1 Å². The van der Waals surface area contributed by atoms with Crippen LogP contribution in [0, 0.1) is 5.82 Å². The lowest BCUT2D eigenvalue weighted by Gasteiger charge is -2.35. The van der Waals surface area contributed by atoms with E-state index in [0.717, 1.165) is 10.2 Å². The molecule has 1 aromatic heterocycles. The summed E-state index contributed by atoms with van der Waals surface area (Å²) in [6, 6.07) is 4.79. The molecule has 2 aromatic rings. The highest BCUT2D eigenvalue weighted by molar-refractivity contribution is 14.0. The fourth-order valence-corrected chi connectivity index (χ4v) is 3.33. The standard InChI is InChI=1S/C18H22BrFN6O.HI/c1-3-21-18(22-9-13-8-14(19)4-5-16(13)20)25-6-7-26(17(27)12-25)15-10-23-24(2)11-15;/h4-5,8,10-11H,3,6-7,9,12H2,1-2H3,(H,21,22);1H. The van der Waals surface area contributed by atoms with E-state index in [9.17, 15) is 9.18 Å². The Morgan fingerprint density at radius 1 is 1.39 bits per heavy atom. The predicted molar refractivity (Wildman–Crippen MR) is 121 cm³/mol. The van der Waals surface area contributed by atoms with Gasteiger partial charge in [-0.15, -0.1) is 24.0 Å². The summed E-state index contributed by atoms with van der Waals surface area (Å²) in [5.41, 5.74) is 1.29. The lowest BCUT2D eigenvalue weighted by Crippen LogP contribution is -2.55. The Hall–Kier alpha value is -1.69. The number of carbonyl (C=O) groups excluding carboxylic acids is 1. The minimum absolute atomic E-state index is 0. The van der Waals surface area contributed by atoms with Crippen molar-refractivity contribution in [2.24, 2.45) is 12.0 Å². The van der Waals surface area contributed by atoms with Gasteiger partial charge in [-0.05, 0) is 25.1 Å². The van der Waals surface area contributed by atoms with Gasteiger partial charge in [0.25, 0.3) is 0 Å². The molecule has 0 saturated carbocycles. The molecular weight excluding hydrogens is 542 g/mol. The fraction of sp³-hybridized carbons (Fsp3) is 0.389. The highest BCUT2D eigenvalue weighted by Gasteiger charge is 2.27. The van der Waals surface area contributed by atoms with Gasteiger partial charge in [0.1, 0.15) is 12.4 Å². The number of nitrogens with zero attached hydrogens (tertiary/aromatic N) is 5. The van der Waals surface area contributed by atoms with Crippen LogP contribution in [-0.4, -0.2) is 52.7 Å². The van der Waals surface area contributed by atoms with Crippen molar-refractivity contribution < 1.29 is 9.18 Å². The van der Waals surface area contributed by atoms with Crippen LogP contribution in [0.15, 0.2) is 40.1 Å². The van der Waals surface area contributed by atoms with Crippen LogP contribution in [0.25, 0.3) is 0 Å². The summed E-state index contributed by atoms with van der Waals surface area (Å²) in [4.78, 5) is 20.7. The van der Waals surface area contributed by atoms with Crippen molar-refractivity contribution >= 4 is 57.5 Å². The van der Waals surface area contributed by atoms with Crippen LogP contribution >= 0.6 is 39.9 Å². The van der Waals surface area contributed by atoms with E-state index >= 15 is 0 Å². The number of hydrogen-bond acceptors (Lipinski definition) is 3. The SMILES string of the molecule is CCNC(=NCc1cc(Br)ccc1F)N1CCN(c2cnn(C)c2)C(=O)C1.I. The number of aliphatic imine (C=N–C) groups is 1. The molecule has 0 spiro atoms. The number of piperazine rings is 1. The number of guanidine groups is 1. The molecule has 3 rings (SSSR count). The molecule has 1 saturated heterocycles. The first-order chi connectivity index (χ1) is 13.0. The Kier molecular flexibility index (Phi) is 8.23. The van der Waals surface area contributed by atoms with Crippen molar-refractivity contribution in [1.82, 2.24) is 20.0 Å². The molecule has 10 heteroatoms. The number of benzene rings is 1.